The van der Waals surface area contributed by atoms with Crippen LogP contribution >= 0.6 is 11.3 Å². The second-order valence-corrected chi connectivity index (χ2v) is 14.4. The highest BCUT2D eigenvalue weighted by atomic mass is 32.1. The van der Waals surface area contributed by atoms with Crippen LogP contribution in [0.3, 0.4) is 0 Å². The molecular formula is C45H52N3O4S+. The third-order valence-electron chi connectivity index (χ3n) is 9.86. The first-order valence-electron chi connectivity index (χ1n) is 18.8. The van der Waals surface area contributed by atoms with Gasteiger partial charge in [0.2, 0.25) is 5.36 Å². The van der Waals surface area contributed by atoms with Gasteiger partial charge in [0.05, 0.1) is 48.2 Å². The van der Waals surface area contributed by atoms with E-state index in [0.717, 1.165) is 62.9 Å². The van der Waals surface area contributed by atoms with Gasteiger partial charge in [-0.25, -0.2) is 9.56 Å². The lowest BCUT2D eigenvalue weighted by Crippen LogP contribution is -2.37. The molecule has 276 valence electrons. The molecule has 0 saturated heterocycles. The van der Waals surface area contributed by atoms with Crippen LogP contribution in [0, 0.1) is 0 Å². The van der Waals surface area contributed by atoms with Crippen LogP contribution < -0.4 is 24.3 Å². The van der Waals surface area contributed by atoms with Crippen LogP contribution in [0.1, 0.15) is 56.2 Å². The number of ether oxygens (including phenoxy) is 3. The van der Waals surface area contributed by atoms with Crippen molar-refractivity contribution in [2.45, 2.75) is 45.1 Å². The maximum Gasteiger partial charge on any atom is 0.201 e. The van der Waals surface area contributed by atoms with Crippen molar-refractivity contribution in [1.82, 2.24) is 9.56 Å². The van der Waals surface area contributed by atoms with Crippen molar-refractivity contribution in [3.05, 3.63) is 137 Å². The average Bonchev–Trinajstić information content (AvgIpc) is 3.21. The van der Waals surface area contributed by atoms with E-state index in [1.165, 1.54) is 35.9 Å². The van der Waals surface area contributed by atoms with Crippen molar-refractivity contribution >= 4 is 27.2 Å². The Bertz CT molecular complexity index is 2020. The van der Waals surface area contributed by atoms with E-state index < -0.39 is 5.60 Å². The number of methoxy groups -OCH3 is 2. The zero-order chi connectivity index (χ0) is 37.0. The highest BCUT2D eigenvalue weighted by Gasteiger charge is 2.38. The third-order valence-corrected chi connectivity index (χ3v) is 11.0. The lowest BCUT2D eigenvalue weighted by molar-refractivity contribution is 0.0170. The van der Waals surface area contributed by atoms with Crippen molar-refractivity contribution in [3.8, 4) is 22.1 Å². The number of aliphatic hydroxyl groups excluding tert-OH is 1. The molecular weight excluding hydrogens is 679 g/mol. The topological polar surface area (TPSA) is 67.1 Å². The van der Waals surface area contributed by atoms with Crippen LogP contribution in [-0.2, 0) is 10.3 Å². The van der Waals surface area contributed by atoms with Crippen molar-refractivity contribution in [2.75, 3.05) is 58.5 Å². The van der Waals surface area contributed by atoms with Gasteiger partial charge in [-0.1, -0.05) is 81.3 Å². The van der Waals surface area contributed by atoms with Gasteiger partial charge in [0, 0.05) is 43.8 Å². The van der Waals surface area contributed by atoms with E-state index in [2.05, 4.69) is 96.1 Å². The lowest BCUT2D eigenvalue weighted by atomic mass is 9.80. The minimum Gasteiger partial charge on any atom is -0.497 e. The Hall–Kier alpha value is -4.76. The molecule has 2 aliphatic rings. The molecule has 0 bridgehead atoms. The largest absolute Gasteiger partial charge is 0.497 e. The molecule has 4 aromatic rings. The van der Waals surface area contributed by atoms with Gasteiger partial charge in [-0.2, -0.15) is 0 Å². The van der Waals surface area contributed by atoms with Gasteiger partial charge in [0.1, 0.15) is 30.2 Å². The summed E-state index contributed by atoms with van der Waals surface area (Å²) in [5.74, 6) is 1.56. The first-order valence-corrected chi connectivity index (χ1v) is 19.6. The van der Waals surface area contributed by atoms with Crippen LogP contribution in [0.5, 0.6) is 11.5 Å². The number of aromatic nitrogens is 1. The van der Waals surface area contributed by atoms with Gasteiger partial charge < -0.3 is 24.2 Å². The molecule has 0 atom stereocenters. The summed E-state index contributed by atoms with van der Waals surface area (Å²) < 4.78 is 21.8. The number of hydrogen-bond acceptors (Lipinski definition) is 7. The number of anilines is 1. The molecule has 7 nitrogen and oxygen atoms in total. The van der Waals surface area contributed by atoms with Gasteiger partial charge in [-0.3, -0.25) is 0 Å². The molecule has 1 heterocycles. The maximum atomic E-state index is 10.2. The molecule has 0 saturated carbocycles. The summed E-state index contributed by atoms with van der Waals surface area (Å²) >= 11 is 1.78. The van der Waals surface area contributed by atoms with Crippen LogP contribution in [0.4, 0.5) is 5.69 Å². The van der Waals surface area contributed by atoms with Gasteiger partial charge in [0.15, 0.2) is 0 Å². The normalized spacial score (nSPS) is 11.6. The zero-order valence-electron chi connectivity index (χ0n) is 31.5. The fourth-order valence-electron chi connectivity index (χ4n) is 6.94. The zero-order valence-corrected chi connectivity index (χ0v) is 32.3. The summed E-state index contributed by atoms with van der Waals surface area (Å²) in [6.45, 7) is 8.08. The van der Waals surface area contributed by atoms with Gasteiger partial charge >= 0.3 is 0 Å². The van der Waals surface area contributed by atoms with Crippen LogP contribution in [0.2, 0.25) is 0 Å². The van der Waals surface area contributed by atoms with Crippen molar-refractivity contribution in [2.24, 2.45) is 0 Å². The fourth-order valence-corrected chi connectivity index (χ4v) is 7.97. The molecule has 4 aromatic carbocycles. The molecule has 0 amide bonds. The first kappa shape index (κ1) is 38.0. The number of hydrogen-bond donors (Lipinski definition) is 1. The van der Waals surface area contributed by atoms with E-state index in [1.807, 2.05) is 42.5 Å². The van der Waals surface area contributed by atoms with E-state index in [1.54, 1.807) is 25.6 Å². The standard InChI is InChI=1S/C45H52N3O4S/c1-5-7-26-47(27-8-6-2)37-18-24-41-43(32-37)53-44-33-38(19-25-42(44)46-41)48(28-30-49)29-31-52-45(34-12-10-9-11-13-34,35-14-20-39(50-3)21-15-35)36-16-22-40(51-4)23-17-36/h9-25,32-33,49H,5-8,26-31H2,1-4H3/q+1. The van der Waals surface area contributed by atoms with Crippen molar-refractivity contribution < 1.29 is 19.3 Å². The molecule has 53 heavy (non-hydrogen) atoms. The molecule has 6 rings (SSSR count). The Kier molecular flexibility index (Phi) is 13.1. The molecule has 0 spiro atoms. The van der Waals surface area contributed by atoms with E-state index >= 15 is 0 Å². The van der Waals surface area contributed by atoms with E-state index in [-0.39, 0.29) is 6.61 Å². The highest BCUT2D eigenvalue weighted by Crippen LogP contribution is 2.42. The number of unbranched alkanes of at least 4 members (excludes halogenated alkanes) is 2. The average molecular weight is 731 g/mol. The monoisotopic (exact) mass is 730 g/mol. The number of benzene rings is 5. The molecule has 0 radical (unpaired) electrons. The van der Waals surface area contributed by atoms with E-state index in [0.29, 0.717) is 19.7 Å². The number of fused-ring (bicyclic) bond motifs is 2. The van der Waals surface area contributed by atoms with Crippen LogP contribution in [0.15, 0.2) is 115 Å². The Morgan fingerprint density at radius 3 is 1.92 bits per heavy atom. The second-order valence-electron chi connectivity index (χ2n) is 13.3. The highest BCUT2D eigenvalue weighted by molar-refractivity contribution is 7.21. The minimum atomic E-state index is -0.918. The number of nitrogens with zero attached hydrogens (tertiary/aromatic N) is 3. The Labute approximate surface area is 318 Å². The van der Waals surface area contributed by atoms with Crippen molar-refractivity contribution in [1.29, 1.82) is 0 Å². The summed E-state index contributed by atoms with van der Waals surface area (Å²) in [6.07, 6.45) is 4.72. The molecule has 1 aliphatic heterocycles. The molecule has 0 aromatic heterocycles. The van der Waals surface area contributed by atoms with Crippen LogP contribution in [-0.4, -0.2) is 63.7 Å². The Morgan fingerprint density at radius 2 is 1.34 bits per heavy atom. The molecule has 1 aliphatic carbocycles. The summed E-state index contributed by atoms with van der Waals surface area (Å²) in [4.78, 5) is 8.42. The maximum absolute atomic E-state index is 10.2. The number of aliphatic hydroxyl groups is 1. The number of rotatable bonds is 18. The molecule has 0 unspecified atom stereocenters. The lowest BCUT2D eigenvalue weighted by Gasteiger charge is -2.37. The first-order chi connectivity index (χ1) is 26.0. The fraction of sp³-hybridized carbons (Fsp3) is 0.333. The van der Waals surface area contributed by atoms with Crippen molar-refractivity contribution in [3.63, 3.8) is 0 Å². The molecule has 8 heteroatoms. The summed E-state index contributed by atoms with van der Waals surface area (Å²) in [6, 6.07) is 39.6. The van der Waals surface area contributed by atoms with Gasteiger partial charge in [-0.05, 0) is 65.2 Å². The van der Waals surface area contributed by atoms with Gasteiger partial charge in [0.25, 0.3) is 0 Å². The van der Waals surface area contributed by atoms with Gasteiger partial charge in [-0.15, -0.1) is 11.3 Å². The predicted molar refractivity (Wildman–Crippen MR) is 219 cm³/mol. The summed E-state index contributed by atoms with van der Waals surface area (Å²) in [7, 11) is 3.35. The Morgan fingerprint density at radius 1 is 0.717 bits per heavy atom. The summed E-state index contributed by atoms with van der Waals surface area (Å²) in [5.41, 5.74) is 5.06. The quantitative estimate of drug-likeness (QED) is 0.0543. The van der Waals surface area contributed by atoms with E-state index in [9.17, 15) is 5.11 Å². The predicted octanol–water partition coefficient (Wildman–Crippen LogP) is 8.60. The van der Waals surface area contributed by atoms with Crippen LogP contribution in [0.25, 0.3) is 20.8 Å². The molecule has 1 N–H and O–H groups in total. The summed E-state index contributed by atoms with van der Waals surface area (Å²) in [5, 5.41) is 11.5. The smallest absolute Gasteiger partial charge is 0.201 e. The second kappa shape index (κ2) is 18.3. The minimum absolute atomic E-state index is 0.0208. The third kappa shape index (κ3) is 8.73. The SMILES string of the molecule is CCCC[N+](CCCC)=c1ccc2nc3ccc(N(CCO)CCOC(c4ccccc4)(c4ccc(OC)cc4)c4ccc(OC)cc4)cc3sc-2c1. The molecule has 0 fully saturated rings. The Balaban J connectivity index is 1.34. The van der Waals surface area contributed by atoms with E-state index in [4.69, 9.17) is 19.2 Å².